The van der Waals surface area contributed by atoms with Crippen molar-refractivity contribution in [2.45, 2.75) is 15.4 Å². The van der Waals surface area contributed by atoms with E-state index in [0.717, 1.165) is 6.07 Å². The van der Waals surface area contributed by atoms with E-state index in [9.17, 15) is 21.9 Å². The minimum absolute atomic E-state index is 0.181. The lowest BCUT2D eigenvalue weighted by Crippen LogP contribution is -2.64. The summed E-state index contributed by atoms with van der Waals surface area (Å²) in [5.41, 5.74) is 4.82. The van der Waals surface area contributed by atoms with Crippen molar-refractivity contribution >= 4 is 25.9 Å². The molecule has 170 valence electrons. The first kappa shape index (κ1) is 22.2. The second kappa shape index (κ2) is 7.84. The summed E-state index contributed by atoms with van der Waals surface area (Å²) >= 11 is 0. The zero-order valence-corrected chi connectivity index (χ0v) is 18.0. The molecule has 0 unspecified atom stereocenters. The number of hydrogen-bond donors (Lipinski definition) is 6. The Labute approximate surface area is 182 Å². The number of benzene rings is 1. The molecular weight excluding hydrogens is 462 g/mol. The fourth-order valence-electron chi connectivity index (χ4n) is 3.20. The van der Waals surface area contributed by atoms with Crippen LogP contribution in [0.25, 0.3) is 22.5 Å². The van der Waals surface area contributed by atoms with Crippen LogP contribution < -0.4 is 20.9 Å². The summed E-state index contributed by atoms with van der Waals surface area (Å²) in [4.78, 5) is 2.64. The number of aromatic nitrogens is 5. The van der Waals surface area contributed by atoms with E-state index in [-0.39, 0.29) is 42.4 Å². The molecule has 16 heteroatoms. The molecule has 0 amide bonds. The van der Waals surface area contributed by atoms with Crippen molar-refractivity contribution in [1.29, 1.82) is 0 Å². The van der Waals surface area contributed by atoms with Gasteiger partial charge in [0.1, 0.15) is 21.2 Å². The van der Waals surface area contributed by atoms with E-state index >= 15 is 0 Å². The van der Waals surface area contributed by atoms with Gasteiger partial charge in [0.2, 0.25) is 25.9 Å². The number of pyridine rings is 1. The van der Waals surface area contributed by atoms with Crippen LogP contribution in [0.2, 0.25) is 0 Å². The van der Waals surface area contributed by atoms with Gasteiger partial charge in [-0.1, -0.05) is 6.07 Å². The highest BCUT2D eigenvalue weighted by Gasteiger charge is 2.37. The van der Waals surface area contributed by atoms with Gasteiger partial charge >= 0.3 is 0 Å². The van der Waals surface area contributed by atoms with Crippen LogP contribution in [0.15, 0.2) is 40.3 Å². The van der Waals surface area contributed by atoms with Gasteiger partial charge in [-0.3, -0.25) is 0 Å². The maximum atomic E-state index is 13.0. The average Bonchev–Trinajstić information content (AvgIpc) is 3.24. The summed E-state index contributed by atoms with van der Waals surface area (Å²) in [6.07, 6.45) is 1.38. The Morgan fingerprint density at radius 2 is 1.91 bits per heavy atom. The lowest BCUT2D eigenvalue weighted by atomic mass is 9.98. The third-order valence-electron chi connectivity index (χ3n) is 4.86. The number of sulfonamides is 2. The Morgan fingerprint density at radius 1 is 1.16 bits per heavy atom. The third-order valence-corrected chi connectivity index (χ3v) is 7.43. The van der Waals surface area contributed by atoms with Crippen LogP contribution in [0.3, 0.4) is 0 Å². The summed E-state index contributed by atoms with van der Waals surface area (Å²) in [7, 11) is -9.04. The van der Waals surface area contributed by atoms with Gasteiger partial charge in [0.15, 0.2) is 0 Å². The molecule has 2 aromatic heterocycles. The number of nitrogens with two attached hydrogens (primary N) is 2. The number of primary sulfonamides is 1. The predicted octanol–water partition coefficient (Wildman–Crippen LogP) is -2.23. The van der Waals surface area contributed by atoms with Crippen LogP contribution in [0.1, 0.15) is 0 Å². The summed E-state index contributed by atoms with van der Waals surface area (Å²) in [5.74, 6) is 0.0352. The van der Waals surface area contributed by atoms with Gasteiger partial charge in [-0.15, -0.1) is 10.2 Å². The highest BCUT2D eigenvalue weighted by Crippen LogP contribution is 2.38. The molecular formula is C16H19N9O5S2. The number of tetrazole rings is 1. The lowest BCUT2D eigenvalue weighted by molar-refractivity contribution is -0.00397. The number of nitrogens with zero attached hydrogens (tertiary/aromatic N) is 4. The first-order valence-corrected chi connectivity index (χ1v) is 12.1. The van der Waals surface area contributed by atoms with Gasteiger partial charge in [0.05, 0.1) is 5.56 Å². The number of β-amino-alcohol motifs (C(OH)–C–C–N with tert-alkyl or cyclic N) is 1. The molecule has 1 aromatic carbocycles. The van der Waals surface area contributed by atoms with E-state index < -0.39 is 35.4 Å². The molecule has 14 nitrogen and oxygen atoms in total. The van der Waals surface area contributed by atoms with Gasteiger partial charge in [0, 0.05) is 31.4 Å². The third kappa shape index (κ3) is 4.18. The SMILES string of the molecule is Nc1ccc(-c2ccc(S(=O)(=O)NCC3(O)CNC3)c(S(N)(=O)=O)c2-c2nn[nH]n2)cn1. The highest BCUT2D eigenvalue weighted by molar-refractivity contribution is 7.92. The van der Waals surface area contributed by atoms with E-state index in [1.165, 1.54) is 18.3 Å². The molecule has 1 aliphatic heterocycles. The van der Waals surface area contributed by atoms with Gasteiger partial charge in [-0.05, 0) is 29.0 Å². The number of aliphatic hydroxyl groups is 1. The molecule has 0 atom stereocenters. The lowest BCUT2D eigenvalue weighted by Gasteiger charge is -2.37. The Balaban J connectivity index is 1.94. The van der Waals surface area contributed by atoms with Gasteiger partial charge in [-0.25, -0.2) is 31.7 Å². The molecule has 1 saturated heterocycles. The van der Waals surface area contributed by atoms with Crippen LogP contribution in [-0.2, 0) is 20.0 Å². The number of nitrogens with one attached hydrogen (secondary N) is 3. The molecule has 3 aromatic rings. The van der Waals surface area contributed by atoms with E-state index in [0.29, 0.717) is 5.56 Å². The van der Waals surface area contributed by atoms with Crippen molar-refractivity contribution in [3.8, 4) is 22.5 Å². The zero-order valence-electron chi connectivity index (χ0n) is 16.3. The molecule has 0 saturated carbocycles. The summed E-state index contributed by atoms with van der Waals surface area (Å²) in [5, 5.41) is 31.7. The maximum Gasteiger partial charge on any atom is 0.242 e. The maximum absolute atomic E-state index is 13.0. The Morgan fingerprint density at radius 3 is 2.44 bits per heavy atom. The van der Waals surface area contributed by atoms with E-state index in [2.05, 4.69) is 35.6 Å². The minimum Gasteiger partial charge on any atom is -0.386 e. The molecule has 4 rings (SSSR count). The minimum atomic E-state index is -4.62. The normalized spacial score (nSPS) is 15.9. The molecule has 32 heavy (non-hydrogen) atoms. The Hall–Kier alpha value is -3.02. The molecule has 3 heterocycles. The predicted molar refractivity (Wildman–Crippen MR) is 112 cm³/mol. The molecule has 8 N–H and O–H groups in total. The zero-order chi connectivity index (χ0) is 23.1. The number of H-pyrrole nitrogens is 1. The van der Waals surface area contributed by atoms with E-state index in [1.807, 2.05) is 0 Å². The molecule has 1 aliphatic rings. The van der Waals surface area contributed by atoms with E-state index in [1.54, 1.807) is 6.07 Å². The molecule has 0 bridgehead atoms. The van der Waals surface area contributed by atoms with Gasteiger partial charge < -0.3 is 16.2 Å². The highest BCUT2D eigenvalue weighted by atomic mass is 32.2. The van der Waals surface area contributed by atoms with Crippen molar-refractivity contribution in [3.63, 3.8) is 0 Å². The largest absolute Gasteiger partial charge is 0.386 e. The number of aromatic amines is 1. The second-order valence-electron chi connectivity index (χ2n) is 7.22. The standard InChI is InChI=1S/C16H19N9O5S2/c17-12-4-1-9(5-20-12)10-2-3-11(32(29,30)21-8-16(26)6-19-7-16)14(31(18,27)28)13(10)15-22-24-25-23-15/h1-5,19,21,26H,6-8H2,(H2,17,20)(H2,18,27,28)(H,22,23,24,25). The summed E-state index contributed by atoms with van der Waals surface area (Å²) < 4.78 is 53.6. The number of nitrogen functional groups attached to an aromatic ring is 1. The fourth-order valence-corrected chi connectivity index (χ4v) is 5.92. The van der Waals surface area contributed by atoms with Crippen LogP contribution in [-0.4, -0.2) is 72.8 Å². The number of rotatable bonds is 7. The second-order valence-corrected chi connectivity index (χ2v) is 10.5. The Bertz CT molecular complexity index is 1350. The monoisotopic (exact) mass is 481 g/mol. The first-order valence-electron chi connectivity index (χ1n) is 9.08. The topological polar surface area (TPSA) is 232 Å². The van der Waals surface area contributed by atoms with Crippen LogP contribution in [0.5, 0.6) is 0 Å². The van der Waals surface area contributed by atoms with Crippen molar-refractivity contribution in [3.05, 3.63) is 30.5 Å². The van der Waals surface area contributed by atoms with Crippen LogP contribution in [0.4, 0.5) is 5.82 Å². The Kier molecular flexibility index (Phi) is 5.43. The van der Waals surface area contributed by atoms with Gasteiger partial charge in [-0.2, -0.15) is 5.21 Å². The number of hydrogen-bond acceptors (Lipinski definition) is 11. The molecule has 0 spiro atoms. The molecule has 1 fully saturated rings. The smallest absolute Gasteiger partial charge is 0.242 e. The first-order chi connectivity index (χ1) is 15.0. The van der Waals surface area contributed by atoms with Crippen LogP contribution >= 0.6 is 0 Å². The summed E-state index contributed by atoms with van der Waals surface area (Å²) in [6, 6.07) is 5.54. The van der Waals surface area contributed by atoms with Crippen molar-refractivity contribution < 1.29 is 21.9 Å². The molecule has 0 aliphatic carbocycles. The number of anilines is 1. The fraction of sp³-hybridized carbons (Fsp3) is 0.250. The van der Waals surface area contributed by atoms with Crippen molar-refractivity contribution in [2.24, 2.45) is 5.14 Å². The van der Waals surface area contributed by atoms with E-state index in [4.69, 9.17) is 10.9 Å². The van der Waals surface area contributed by atoms with Crippen molar-refractivity contribution in [2.75, 3.05) is 25.4 Å². The quantitative estimate of drug-likeness (QED) is 0.211. The molecule has 0 radical (unpaired) electrons. The summed E-state index contributed by atoms with van der Waals surface area (Å²) in [6.45, 7) is 0.0526. The average molecular weight is 482 g/mol. The van der Waals surface area contributed by atoms with Crippen LogP contribution in [0, 0.1) is 0 Å². The van der Waals surface area contributed by atoms with Gasteiger partial charge in [0.25, 0.3) is 0 Å². The van der Waals surface area contributed by atoms with Crippen molar-refractivity contribution in [1.82, 2.24) is 35.6 Å².